The molecule has 0 radical (unpaired) electrons. The lowest BCUT2D eigenvalue weighted by molar-refractivity contribution is -0.360. The Balaban J connectivity index is 1.70. The zero-order chi connectivity index (χ0) is 21.0. The maximum absolute atomic E-state index is 13.6. The highest BCUT2D eigenvalue weighted by Crippen LogP contribution is 2.42. The highest BCUT2D eigenvalue weighted by molar-refractivity contribution is 6.17. The van der Waals surface area contributed by atoms with Gasteiger partial charge >= 0.3 is 6.18 Å². The molecule has 3 aromatic heterocycles. The fourth-order valence-electron chi connectivity index (χ4n) is 3.90. The Kier molecular flexibility index (Phi) is 3.99. The number of primary amides is 1. The molecule has 30 heavy (non-hydrogen) atoms. The van der Waals surface area contributed by atoms with Crippen molar-refractivity contribution in [3.8, 4) is 11.1 Å². The smallest absolute Gasteiger partial charge is 0.365 e. The van der Waals surface area contributed by atoms with Gasteiger partial charge in [-0.15, -0.1) is 0 Å². The number of benzene rings is 1. The summed E-state index contributed by atoms with van der Waals surface area (Å²) in [6.07, 6.45) is 1.42. The Labute approximate surface area is 167 Å². The van der Waals surface area contributed by atoms with Crippen molar-refractivity contribution in [2.75, 3.05) is 5.32 Å². The van der Waals surface area contributed by atoms with E-state index in [1.165, 1.54) is 6.20 Å². The van der Waals surface area contributed by atoms with E-state index in [0.29, 0.717) is 34.6 Å². The van der Waals surface area contributed by atoms with E-state index in [-0.39, 0.29) is 11.4 Å². The highest BCUT2D eigenvalue weighted by Gasteiger charge is 2.52. The Morgan fingerprint density at radius 3 is 2.73 bits per heavy atom. The molecule has 1 aliphatic carbocycles. The van der Waals surface area contributed by atoms with Gasteiger partial charge in [-0.2, -0.15) is 18.3 Å². The van der Waals surface area contributed by atoms with Gasteiger partial charge in [0.05, 0.1) is 17.1 Å². The summed E-state index contributed by atoms with van der Waals surface area (Å²) in [5.74, 6) is -0.937. The molecule has 4 aromatic rings. The maximum Gasteiger partial charge on any atom is 0.428 e. The van der Waals surface area contributed by atoms with Crippen LogP contribution in [0.15, 0.2) is 36.8 Å². The summed E-state index contributed by atoms with van der Waals surface area (Å²) in [4.78, 5) is 17.9. The van der Waals surface area contributed by atoms with Crippen molar-refractivity contribution in [1.82, 2.24) is 15.2 Å². The van der Waals surface area contributed by atoms with Crippen LogP contribution in [0.3, 0.4) is 0 Å². The highest BCUT2D eigenvalue weighted by atomic mass is 19.4. The number of H-pyrrole nitrogens is 3. The number of amides is 1. The number of nitrogens with zero attached hydrogens (tertiary/aromatic N) is 1. The molecule has 7 nitrogen and oxygen atoms in total. The van der Waals surface area contributed by atoms with Crippen molar-refractivity contribution >= 4 is 33.5 Å². The molecule has 1 atom stereocenters. The lowest BCUT2D eigenvalue weighted by atomic mass is 10.1. The lowest BCUT2D eigenvalue weighted by Gasteiger charge is -2.17. The molecule has 6 N–H and O–H groups in total. The van der Waals surface area contributed by atoms with Gasteiger partial charge in [-0.1, -0.05) is 12.1 Å². The van der Waals surface area contributed by atoms with E-state index in [9.17, 15) is 18.0 Å². The van der Waals surface area contributed by atoms with Gasteiger partial charge < -0.3 is 10.7 Å². The zero-order valence-corrected chi connectivity index (χ0v) is 15.6. The minimum absolute atomic E-state index is 0.173. The monoisotopic (exact) mass is 415 g/mol. The first-order chi connectivity index (χ1) is 14.3. The molecule has 154 valence electrons. The van der Waals surface area contributed by atoms with Gasteiger partial charge in [0.2, 0.25) is 0 Å². The van der Waals surface area contributed by atoms with Gasteiger partial charge in [0.15, 0.2) is 6.04 Å². The number of nitrogens with two attached hydrogens (primary N) is 1. The van der Waals surface area contributed by atoms with Crippen molar-refractivity contribution in [2.45, 2.75) is 25.1 Å². The quantitative estimate of drug-likeness (QED) is 0.401. The Morgan fingerprint density at radius 1 is 1.30 bits per heavy atom. The fraction of sp³-hybridized carbons (Fsp3) is 0.250. The number of alkyl halides is 3. The number of halogens is 3. The molecule has 0 spiro atoms. The van der Waals surface area contributed by atoms with Gasteiger partial charge in [0.25, 0.3) is 11.7 Å². The van der Waals surface area contributed by atoms with Crippen molar-refractivity contribution < 1.29 is 22.9 Å². The summed E-state index contributed by atoms with van der Waals surface area (Å²) in [7, 11) is 0. The standard InChI is InChI=1S/C20H17F3N6O/c21-20(22,23)17(9-1-2-9)29-19-15-12-4-3-10(11-6-26-27-7-11)5-14(12)28-16(15)13(8-25-19)18(24)30/h3-9,17,28H,1-2H2,(H2,24,30)(H,25,29)(H,26,27)/p+1/t17-/m1/s1. The van der Waals surface area contributed by atoms with E-state index in [1.54, 1.807) is 18.5 Å². The predicted octanol–water partition coefficient (Wildman–Crippen LogP) is 3.38. The second-order valence-electron chi connectivity index (χ2n) is 7.56. The van der Waals surface area contributed by atoms with Gasteiger partial charge in [-0.25, -0.2) is 4.98 Å². The molecule has 0 bridgehead atoms. The molecule has 1 aliphatic rings. The molecule has 0 aliphatic heterocycles. The van der Waals surface area contributed by atoms with Crippen LogP contribution in [-0.4, -0.2) is 33.3 Å². The first-order valence-electron chi connectivity index (χ1n) is 9.45. The van der Waals surface area contributed by atoms with E-state index in [1.807, 2.05) is 12.1 Å². The Morgan fingerprint density at radius 2 is 2.10 bits per heavy atom. The Hall–Kier alpha value is -3.56. The second kappa shape index (κ2) is 6.48. The summed E-state index contributed by atoms with van der Waals surface area (Å²) in [6, 6.07) is 3.85. The van der Waals surface area contributed by atoms with E-state index >= 15 is 0 Å². The normalized spacial score (nSPS) is 15.6. The summed E-state index contributed by atoms with van der Waals surface area (Å²) in [5, 5.41) is 10.5. The van der Waals surface area contributed by atoms with E-state index in [4.69, 9.17) is 5.73 Å². The van der Waals surface area contributed by atoms with Crippen molar-refractivity contribution in [2.24, 2.45) is 11.7 Å². The number of rotatable bonds is 5. The number of hydrogen-bond acceptors (Lipinski definition) is 3. The molecule has 10 heteroatoms. The van der Waals surface area contributed by atoms with Crippen molar-refractivity contribution in [3.05, 3.63) is 42.4 Å². The predicted molar refractivity (Wildman–Crippen MR) is 105 cm³/mol. The molecule has 0 unspecified atom stereocenters. The van der Waals surface area contributed by atoms with Gasteiger partial charge in [0.1, 0.15) is 11.8 Å². The van der Waals surface area contributed by atoms with Crippen molar-refractivity contribution in [1.29, 1.82) is 0 Å². The van der Waals surface area contributed by atoms with Gasteiger partial charge in [-0.05, 0) is 24.5 Å². The number of pyridine rings is 1. The summed E-state index contributed by atoms with van der Waals surface area (Å²) < 4.78 is 40.8. The SMILES string of the molecule is NC(=O)c1c[nH+]c(N[C@H](C2CC2)C(F)(F)F)c2c1[nH]c1cc(-c3cn[nH]c3)ccc12. The molecule has 1 fully saturated rings. The van der Waals surface area contributed by atoms with Crippen LogP contribution in [0.4, 0.5) is 19.0 Å². The molecular weight excluding hydrogens is 397 g/mol. The average molecular weight is 415 g/mol. The van der Waals surface area contributed by atoms with Crippen LogP contribution >= 0.6 is 0 Å². The molecule has 1 aromatic carbocycles. The van der Waals surface area contributed by atoms with Crippen molar-refractivity contribution in [3.63, 3.8) is 0 Å². The van der Waals surface area contributed by atoms with Crippen LogP contribution in [-0.2, 0) is 0 Å². The van der Waals surface area contributed by atoms with E-state index < -0.39 is 24.0 Å². The molecule has 1 saturated carbocycles. The fourth-order valence-corrected chi connectivity index (χ4v) is 3.90. The number of aromatic amines is 3. The maximum atomic E-state index is 13.6. The van der Waals surface area contributed by atoms with Crippen LogP contribution in [0.25, 0.3) is 32.9 Å². The number of anilines is 1. The lowest BCUT2D eigenvalue weighted by Crippen LogP contribution is -2.40. The molecular formula is C20H18F3N6O+. The van der Waals surface area contributed by atoms with Crippen LogP contribution in [0.5, 0.6) is 0 Å². The number of nitrogens with one attached hydrogen (secondary N) is 4. The molecule has 1 amide bonds. The minimum Gasteiger partial charge on any atom is -0.365 e. The van der Waals surface area contributed by atoms with Gasteiger partial charge in [0, 0.05) is 28.6 Å². The number of aromatic nitrogens is 4. The number of carbonyl (C=O) groups excluding carboxylic acids is 1. The topological polar surface area (TPSA) is 114 Å². The second-order valence-corrected chi connectivity index (χ2v) is 7.56. The van der Waals surface area contributed by atoms with Crippen LogP contribution < -0.4 is 16.0 Å². The number of hydrogen-bond donors (Lipinski definition) is 4. The van der Waals surface area contributed by atoms with Crippen LogP contribution in [0.2, 0.25) is 0 Å². The first kappa shape index (κ1) is 18.5. The van der Waals surface area contributed by atoms with E-state index in [2.05, 4.69) is 25.5 Å². The summed E-state index contributed by atoms with van der Waals surface area (Å²) in [6.45, 7) is 0. The third-order valence-corrected chi connectivity index (χ3v) is 5.52. The largest absolute Gasteiger partial charge is 0.428 e. The average Bonchev–Trinajstić information content (AvgIpc) is 3.22. The Bertz CT molecular complexity index is 1260. The number of carbonyl (C=O) groups is 1. The number of fused-ring (bicyclic) bond motifs is 3. The van der Waals surface area contributed by atoms with E-state index in [0.717, 1.165) is 11.1 Å². The summed E-state index contributed by atoms with van der Waals surface area (Å²) >= 11 is 0. The molecule has 5 rings (SSSR count). The third kappa shape index (κ3) is 3.04. The first-order valence-corrected chi connectivity index (χ1v) is 9.45. The van der Waals surface area contributed by atoms with Gasteiger partial charge in [-0.3, -0.25) is 15.2 Å². The van der Waals surface area contributed by atoms with Crippen LogP contribution in [0.1, 0.15) is 23.2 Å². The zero-order valence-electron chi connectivity index (χ0n) is 15.6. The molecule has 3 heterocycles. The van der Waals surface area contributed by atoms with Crippen LogP contribution in [0, 0.1) is 5.92 Å². The molecule has 0 saturated heterocycles. The third-order valence-electron chi connectivity index (χ3n) is 5.52. The summed E-state index contributed by atoms with van der Waals surface area (Å²) in [5.41, 5.74) is 8.46. The minimum atomic E-state index is -4.38.